The zero-order valence-electron chi connectivity index (χ0n) is 22.8. The third-order valence-electron chi connectivity index (χ3n) is 8.07. The predicted octanol–water partition coefficient (Wildman–Crippen LogP) is 3.19. The minimum atomic E-state index is -0.710. The van der Waals surface area contributed by atoms with E-state index >= 15 is 0 Å². The van der Waals surface area contributed by atoms with Crippen LogP contribution in [0, 0.1) is 29.1 Å². The van der Waals surface area contributed by atoms with Gasteiger partial charge in [-0.15, -0.1) is 0 Å². The van der Waals surface area contributed by atoms with Gasteiger partial charge in [-0.25, -0.2) is 9.48 Å². The molecule has 4 saturated carbocycles. The van der Waals surface area contributed by atoms with Crippen LogP contribution in [0.2, 0.25) is 0 Å². The molecule has 4 fully saturated rings. The highest BCUT2D eigenvalue weighted by Crippen LogP contribution is 2.60. The molecule has 0 spiro atoms. The lowest BCUT2D eigenvalue weighted by molar-refractivity contribution is -0.148. The van der Waals surface area contributed by atoms with E-state index < -0.39 is 11.6 Å². The van der Waals surface area contributed by atoms with Crippen LogP contribution >= 0.6 is 0 Å². The van der Waals surface area contributed by atoms with Crippen molar-refractivity contribution >= 4 is 24.1 Å². The molecule has 2 atom stereocenters. The second-order valence-corrected chi connectivity index (χ2v) is 12.0. The van der Waals surface area contributed by atoms with Crippen molar-refractivity contribution in [2.24, 2.45) is 29.1 Å². The second-order valence-electron chi connectivity index (χ2n) is 12.0. The summed E-state index contributed by atoms with van der Waals surface area (Å²) in [5.41, 5.74) is -0.616. The molecule has 1 heterocycles. The number of rotatable bonds is 9. The van der Waals surface area contributed by atoms with E-state index in [2.05, 4.69) is 21.0 Å². The van der Waals surface area contributed by atoms with Crippen molar-refractivity contribution in [3.05, 3.63) is 17.8 Å². The molecule has 1 aromatic rings. The molecule has 0 aromatic carbocycles. The maximum Gasteiger partial charge on any atom is 0.407 e. The number of carbonyl (C=O) groups excluding carboxylic acids is 3. The maximum atomic E-state index is 13.5. The minimum absolute atomic E-state index is 0.0434. The number of hydrogen-bond acceptors (Lipinski definition) is 6. The number of nitrogens with zero attached hydrogens (tertiary/aromatic N) is 2. The lowest BCUT2D eigenvalue weighted by Crippen LogP contribution is -2.62. The van der Waals surface area contributed by atoms with E-state index in [-0.39, 0.29) is 29.2 Å². The lowest BCUT2D eigenvalue weighted by Gasteiger charge is -2.59. The zero-order valence-corrected chi connectivity index (χ0v) is 22.8. The molecule has 4 bridgehead atoms. The smallest absolute Gasteiger partial charge is 0.407 e. The van der Waals surface area contributed by atoms with Gasteiger partial charge in [0.25, 0.3) is 5.91 Å². The molecule has 37 heavy (non-hydrogen) atoms. The molecule has 10 heteroatoms. The molecule has 0 aliphatic heterocycles. The fraction of sp³-hybridized carbons (Fsp3) is 0.704. The van der Waals surface area contributed by atoms with Crippen LogP contribution in [0.5, 0.6) is 5.88 Å². The van der Waals surface area contributed by atoms with Crippen molar-refractivity contribution in [3.63, 3.8) is 0 Å². The van der Waals surface area contributed by atoms with Gasteiger partial charge in [-0.2, -0.15) is 5.10 Å². The summed E-state index contributed by atoms with van der Waals surface area (Å²) in [6, 6.07) is 0.0434. The van der Waals surface area contributed by atoms with Crippen molar-refractivity contribution in [2.45, 2.75) is 71.4 Å². The summed E-state index contributed by atoms with van der Waals surface area (Å²) in [5, 5.41) is 13.3. The Morgan fingerprint density at radius 3 is 2.49 bits per heavy atom. The van der Waals surface area contributed by atoms with Crippen molar-refractivity contribution in [1.82, 2.24) is 25.7 Å². The molecular weight excluding hydrogens is 474 g/mol. The number of methoxy groups -OCH3 is 1. The number of carbonyl (C=O) groups is 3. The van der Waals surface area contributed by atoms with Crippen LogP contribution in [-0.2, 0) is 9.53 Å². The van der Waals surface area contributed by atoms with Gasteiger partial charge in [-0.3, -0.25) is 9.59 Å². The molecule has 1 aromatic heterocycles. The number of aromatic nitrogens is 2. The van der Waals surface area contributed by atoms with Gasteiger partial charge >= 0.3 is 6.09 Å². The summed E-state index contributed by atoms with van der Waals surface area (Å²) < 4.78 is 12.3. The van der Waals surface area contributed by atoms with Crippen LogP contribution in [-0.4, -0.2) is 60.0 Å². The monoisotopic (exact) mass is 515 g/mol. The first-order chi connectivity index (χ1) is 17.5. The Morgan fingerprint density at radius 2 is 1.89 bits per heavy atom. The maximum absolute atomic E-state index is 13.5. The van der Waals surface area contributed by atoms with Gasteiger partial charge in [0.15, 0.2) is 0 Å². The zero-order chi connectivity index (χ0) is 27.0. The van der Waals surface area contributed by atoms with Crippen LogP contribution in [0.4, 0.5) is 4.79 Å². The average molecular weight is 516 g/mol. The summed E-state index contributed by atoms with van der Waals surface area (Å²) in [6.45, 7) is 8.15. The van der Waals surface area contributed by atoms with E-state index in [0.717, 1.165) is 32.1 Å². The molecule has 5 rings (SSSR count). The van der Waals surface area contributed by atoms with Crippen LogP contribution < -0.4 is 20.7 Å². The van der Waals surface area contributed by atoms with Gasteiger partial charge < -0.3 is 25.4 Å². The van der Waals surface area contributed by atoms with E-state index in [1.54, 1.807) is 19.3 Å². The average Bonchev–Trinajstić information content (AvgIpc) is 3.25. The van der Waals surface area contributed by atoms with Gasteiger partial charge in [-0.1, -0.05) is 13.8 Å². The normalized spacial score (nSPS) is 28.4. The first kappa shape index (κ1) is 27.0. The summed E-state index contributed by atoms with van der Waals surface area (Å²) >= 11 is 0. The molecule has 10 nitrogen and oxygen atoms in total. The third kappa shape index (κ3) is 5.62. The van der Waals surface area contributed by atoms with E-state index in [1.807, 2.05) is 27.7 Å². The van der Waals surface area contributed by atoms with E-state index in [0.29, 0.717) is 35.8 Å². The predicted molar refractivity (Wildman–Crippen MR) is 139 cm³/mol. The number of ether oxygens (including phenoxy) is 2. The Bertz CT molecular complexity index is 1050. The van der Waals surface area contributed by atoms with Crippen LogP contribution in [0.1, 0.15) is 70.2 Å². The highest BCUT2D eigenvalue weighted by atomic mass is 16.5. The van der Waals surface area contributed by atoms with Gasteiger partial charge in [-0.05, 0) is 75.7 Å². The Hall–Kier alpha value is -3.04. The highest BCUT2D eigenvalue weighted by Gasteiger charge is 2.58. The lowest BCUT2D eigenvalue weighted by atomic mass is 9.47. The van der Waals surface area contributed by atoms with Crippen LogP contribution in [0.15, 0.2) is 12.3 Å². The Balaban J connectivity index is 1.52. The number of amides is 3. The summed E-state index contributed by atoms with van der Waals surface area (Å²) in [4.78, 5) is 37.9. The largest absolute Gasteiger partial charge is 0.477 e. The van der Waals surface area contributed by atoms with Gasteiger partial charge in [0.2, 0.25) is 11.8 Å². The highest BCUT2D eigenvalue weighted by molar-refractivity contribution is 5.96. The first-order valence-electron chi connectivity index (χ1n) is 13.3. The standard InChI is InChI=1S/C27H41N5O5/c1-16(2)15-37-23-20(14-29-32(23)8-7-26(3,4)31-25(35)36-6)22(33)30-21-18-9-17-10-19(21)13-27(11-17,12-18)24(34)28-5/h7-8,14,16-19,21H,9-13,15H2,1-6H3,(H,28,34)(H,30,33)(H,31,35)/b8-7+. The minimum Gasteiger partial charge on any atom is -0.477 e. The number of hydrogen-bond donors (Lipinski definition) is 3. The van der Waals surface area contributed by atoms with E-state index in [4.69, 9.17) is 9.47 Å². The molecule has 3 N–H and O–H groups in total. The topological polar surface area (TPSA) is 124 Å². The summed E-state index contributed by atoms with van der Waals surface area (Å²) in [6.07, 6.45) is 9.15. The fourth-order valence-electron chi connectivity index (χ4n) is 6.65. The number of nitrogens with one attached hydrogen (secondary N) is 3. The van der Waals surface area contributed by atoms with Crippen molar-refractivity contribution in [2.75, 3.05) is 20.8 Å². The van der Waals surface area contributed by atoms with E-state index in [1.165, 1.54) is 18.0 Å². The molecule has 0 saturated heterocycles. The molecule has 4 aliphatic carbocycles. The van der Waals surface area contributed by atoms with Crippen molar-refractivity contribution in [3.8, 4) is 5.88 Å². The first-order valence-corrected chi connectivity index (χ1v) is 13.3. The summed E-state index contributed by atoms with van der Waals surface area (Å²) in [7, 11) is 3.03. The summed E-state index contributed by atoms with van der Waals surface area (Å²) in [5.74, 6) is 1.71. The third-order valence-corrected chi connectivity index (χ3v) is 8.07. The molecule has 0 radical (unpaired) electrons. The fourth-order valence-corrected chi connectivity index (χ4v) is 6.65. The Kier molecular flexibility index (Phi) is 7.57. The van der Waals surface area contributed by atoms with Crippen molar-refractivity contribution < 1.29 is 23.9 Å². The Labute approximate surface area is 218 Å². The van der Waals surface area contributed by atoms with Gasteiger partial charge in [0, 0.05) is 19.3 Å². The van der Waals surface area contributed by atoms with Crippen LogP contribution in [0.25, 0.3) is 6.20 Å². The SMILES string of the molecule is CNC(=O)C12CC3CC(C1)C(NC(=O)c1cnn(/C=C/C(C)(C)NC(=O)OC)c1OCC(C)C)C(C3)C2. The Morgan fingerprint density at radius 1 is 1.22 bits per heavy atom. The molecule has 2 unspecified atom stereocenters. The second kappa shape index (κ2) is 10.4. The van der Waals surface area contributed by atoms with Gasteiger partial charge in [0.1, 0.15) is 5.56 Å². The van der Waals surface area contributed by atoms with E-state index in [9.17, 15) is 14.4 Å². The van der Waals surface area contributed by atoms with Gasteiger partial charge in [0.05, 0.1) is 30.9 Å². The molecular formula is C27H41N5O5. The van der Waals surface area contributed by atoms with Crippen molar-refractivity contribution in [1.29, 1.82) is 0 Å². The molecule has 3 amide bonds. The molecule has 4 aliphatic rings. The van der Waals surface area contributed by atoms with Crippen LogP contribution in [0.3, 0.4) is 0 Å². The number of alkyl carbamates (subject to hydrolysis) is 1. The quantitative estimate of drug-likeness (QED) is 0.464. The molecule has 204 valence electrons.